The van der Waals surface area contributed by atoms with Crippen LogP contribution in [-0.4, -0.2) is 26.4 Å². The molecule has 0 aliphatic heterocycles. The Hall–Kier alpha value is -2.79. The van der Waals surface area contributed by atoms with E-state index in [0.29, 0.717) is 0 Å². The van der Waals surface area contributed by atoms with Gasteiger partial charge in [0.2, 0.25) is 5.91 Å². The summed E-state index contributed by atoms with van der Waals surface area (Å²) in [6.07, 6.45) is 7.98. The highest BCUT2D eigenvalue weighted by Crippen LogP contribution is 2.17. The van der Waals surface area contributed by atoms with E-state index in [1.165, 1.54) is 25.3 Å². The third-order valence-electron chi connectivity index (χ3n) is 4.04. The van der Waals surface area contributed by atoms with Gasteiger partial charge in [-0.25, -0.2) is 0 Å². The molecular weight excluding hydrogens is 354 g/mol. The van der Waals surface area contributed by atoms with E-state index in [1.807, 2.05) is 48.5 Å². The van der Waals surface area contributed by atoms with Crippen molar-refractivity contribution in [2.24, 2.45) is 0 Å². The van der Waals surface area contributed by atoms with E-state index in [2.05, 4.69) is 12.2 Å². The molecule has 5 nitrogen and oxygen atoms in total. The van der Waals surface area contributed by atoms with Crippen LogP contribution < -0.4 is 14.8 Å². The van der Waals surface area contributed by atoms with E-state index in [9.17, 15) is 4.79 Å². The second-order valence-electron chi connectivity index (χ2n) is 6.38. The predicted octanol–water partition coefficient (Wildman–Crippen LogP) is 5.28. The molecule has 0 heterocycles. The van der Waals surface area contributed by atoms with Crippen LogP contribution in [0.5, 0.6) is 11.5 Å². The van der Waals surface area contributed by atoms with E-state index in [0.717, 1.165) is 35.8 Å². The van der Waals surface area contributed by atoms with Gasteiger partial charge < -0.3 is 19.5 Å². The highest BCUT2D eigenvalue weighted by molar-refractivity contribution is 6.01. The molecule has 0 bridgehead atoms. The molecule has 0 unspecified atom stereocenters. The monoisotopic (exact) mass is 383 g/mol. The lowest BCUT2D eigenvalue weighted by molar-refractivity contribution is -0.111. The number of rotatable bonds is 12. The van der Waals surface area contributed by atoms with E-state index in [-0.39, 0.29) is 12.7 Å². The lowest BCUT2D eigenvalue weighted by Gasteiger charge is -2.07. The Kier molecular flexibility index (Phi) is 9.66. The number of hydrogen-bond acceptors (Lipinski definition) is 4. The number of hydrogen-bond donors (Lipinski definition) is 1. The molecule has 2 aromatic carbocycles. The van der Waals surface area contributed by atoms with Gasteiger partial charge in [-0.15, -0.1) is 0 Å². The Morgan fingerprint density at radius 2 is 1.61 bits per heavy atom. The van der Waals surface area contributed by atoms with Crippen LogP contribution in [0.25, 0.3) is 6.08 Å². The minimum Gasteiger partial charge on any atom is -0.494 e. The molecule has 0 aliphatic rings. The fraction of sp³-hybridized carbons (Fsp3) is 0.348. The molecule has 150 valence electrons. The number of amides is 1. The quantitative estimate of drug-likeness (QED) is 0.308. The van der Waals surface area contributed by atoms with Crippen molar-refractivity contribution in [2.75, 3.05) is 25.8 Å². The zero-order valence-electron chi connectivity index (χ0n) is 16.6. The smallest absolute Gasteiger partial charge is 0.248 e. The fourth-order valence-electron chi connectivity index (χ4n) is 2.51. The second-order valence-corrected chi connectivity index (χ2v) is 6.38. The summed E-state index contributed by atoms with van der Waals surface area (Å²) in [7, 11) is 1.57. The molecule has 1 amide bonds. The zero-order chi connectivity index (χ0) is 20.0. The molecule has 0 fully saturated rings. The molecule has 0 aromatic heterocycles. The average molecular weight is 383 g/mol. The van der Waals surface area contributed by atoms with E-state index in [4.69, 9.17) is 14.2 Å². The first-order valence-electron chi connectivity index (χ1n) is 9.65. The zero-order valence-corrected chi connectivity index (χ0v) is 16.6. The molecule has 2 rings (SSSR count). The van der Waals surface area contributed by atoms with Crippen LogP contribution in [-0.2, 0) is 9.53 Å². The summed E-state index contributed by atoms with van der Waals surface area (Å²) < 4.78 is 15.9. The Bertz CT molecular complexity index is 723. The summed E-state index contributed by atoms with van der Waals surface area (Å²) in [5.74, 6) is 1.35. The standard InChI is InChI=1S/C23H29NO4/c1-3-4-5-6-17-27-21-14-10-20(11-15-21)24-23(25)16-9-19-7-12-22(13-8-19)28-18-26-2/h7-16H,3-6,17-18H2,1-2H3,(H,24,25)/b16-9+. The molecule has 0 aliphatic carbocycles. The van der Waals surface area contributed by atoms with Gasteiger partial charge in [-0.2, -0.15) is 0 Å². The van der Waals surface area contributed by atoms with Crippen LogP contribution in [0.2, 0.25) is 0 Å². The fourth-order valence-corrected chi connectivity index (χ4v) is 2.51. The van der Waals surface area contributed by atoms with Crippen molar-refractivity contribution in [3.8, 4) is 11.5 Å². The molecule has 0 atom stereocenters. The minimum absolute atomic E-state index is 0.187. The van der Waals surface area contributed by atoms with E-state index in [1.54, 1.807) is 13.2 Å². The topological polar surface area (TPSA) is 56.8 Å². The average Bonchev–Trinajstić information content (AvgIpc) is 2.72. The van der Waals surface area contributed by atoms with Crippen molar-refractivity contribution in [3.63, 3.8) is 0 Å². The molecule has 0 radical (unpaired) electrons. The van der Waals surface area contributed by atoms with Gasteiger partial charge in [-0.3, -0.25) is 4.79 Å². The maximum absolute atomic E-state index is 12.1. The van der Waals surface area contributed by atoms with Crippen LogP contribution in [0, 0.1) is 0 Å². The first-order valence-corrected chi connectivity index (χ1v) is 9.65. The van der Waals surface area contributed by atoms with Crippen LogP contribution in [0.15, 0.2) is 54.6 Å². The second kappa shape index (κ2) is 12.6. The van der Waals surface area contributed by atoms with Crippen LogP contribution in [0.4, 0.5) is 5.69 Å². The number of carbonyl (C=O) groups is 1. The lowest BCUT2D eigenvalue weighted by atomic mass is 10.2. The van der Waals surface area contributed by atoms with Crippen molar-refractivity contribution >= 4 is 17.7 Å². The van der Waals surface area contributed by atoms with Crippen LogP contribution in [0.1, 0.15) is 38.2 Å². The van der Waals surface area contributed by atoms with Crippen LogP contribution in [0.3, 0.4) is 0 Å². The number of unbranched alkanes of at least 4 members (excludes halogenated alkanes) is 3. The highest BCUT2D eigenvalue weighted by atomic mass is 16.7. The van der Waals surface area contributed by atoms with Crippen molar-refractivity contribution in [3.05, 3.63) is 60.2 Å². The van der Waals surface area contributed by atoms with Crippen molar-refractivity contribution < 1.29 is 19.0 Å². The number of ether oxygens (including phenoxy) is 3. The van der Waals surface area contributed by atoms with Crippen molar-refractivity contribution in [1.29, 1.82) is 0 Å². The molecule has 1 N–H and O–H groups in total. The summed E-state index contributed by atoms with van der Waals surface area (Å²) in [5.41, 5.74) is 1.64. The normalized spacial score (nSPS) is 10.8. The van der Waals surface area contributed by atoms with E-state index < -0.39 is 0 Å². The SMILES string of the molecule is CCCCCCOc1ccc(NC(=O)/C=C/c2ccc(OCOC)cc2)cc1. The maximum atomic E-state index is 12.1. The van der Waals surface area contributed by atoms with Crippen LogP contribution >= 0.6 is 0 Å². The number of carbonyl (C=O) groups excluding carboxylic acids is 1. The third kappa shape index (κ3) is 8.27. The Morgan fingerprint density at radius 3 is 2.29 bits per heavy atom. The molecule has 28 heavy (non-hydrogen) atoms. The predicted molar refractivity (Wildman–Crippen MR) is 113 cm³/mol. The summed E-state index contributed by atoms with van der Waals surface area (Å²) >= 11 is 0. The summed E-state index contributed by atoms with van der Waals surface area (Å²) in [6, 6.07) is 14.8. The van der Waals surface area contributed by atoms with Crippen molar-refractivity contribution in [1.82, 2.24) is 0 Å². The Balaban J connectivity index is 1.76. The number of anilines is 1. The summed E-state index contributed by atoms with van der Waals surface area (Å²) in [5, 5.41) is 2.84. The highest BCUT2D eigenvalue weighted by Gasteiger charge is 2.00. The van der Waals surface area contributed by atoms with Gasteiger partial charge in [0.1, 0.15) is 11.5 Å². The van der Waals surface area contributed by atoms with Gasteiger partial charge in [-0.05, 0) is 54.5 Å². The van der Waals surface area contributed by atoms with Gasteiger partial charge in [0, 0.05) is 18.9 Å². The van der Waals surface area contributed by atoms with Gasteiger partial charge in [0.25, 0.3) is 0 Å². The summed E-state index contributed by atoms with van der Waals surface area (Å²) in [6.45, 7) is 3.13. The minimum atomic E-state index is -0.187. The summed E-state index contributed by atoms with van der Waals surface area (Å²) in [4.78, 5) is 12.1. The van der Waals surface area contributed by atoms with E-state index >= 15 is 0 Å². The molecule has 2 aromatic rings. The largest absolute Gasteiger partial charge is 0.494 e. The van der Waals surface area contributed by atoms with Crippen molar-refractivity contribution in [2.45, 2.75) is 32.6 Å². The molecule has 5 heteroatoms. The number of methoxy groups -OCH3 is 1. The van der Waals surface area contributed by atoms with Gasteiger partial charge in [0.05, 0.1) is 6.61 Å². The first kappa shape index (κ1) is 21.5. The molecular formula is C23H29NO4. The number of benzene rings is 2. The van der Waals surface area contributed by atoms with Gasteiger partial charge >= 0.3 is 0 Å². The Labute approximate surface area is 167 Å². The molecule has 0 saturated carbocycles. The van der Waals surface area contributed by atoms with Gasteiger partial charge in [0.15, 0.2) is 6.79 Å². The molecule has 0 saturated heterocycles. The lowest BCUT2D eigenvalue weighted by Crippen LogP contribution is -2.07. The first-order chi connectivity index (χ1) is 13.7. The Morgan fingerprint density at radius 1 is 0.929 bits per heavy atom. The number of nitrogens with one attached hydrogen (secondary N) is 1. The molecule has 0 spiro atoms. The van der Waals surface area contributed by atoms with Gasteiger partial charge in [-0.1, -0.05) is 38.3 Å². The third-order valence-corrected chi connectivity index (χ3v) is 4.04. The maximum Gasteiger partial charge on any atom is 0.248 e.